The van der Waals surface area contributed by atoms with Crippen molar-refractivity contribution >= 4 is 56.6 Å². The van der Waals surface area contributed by atoms with Gasteiger partial charge in [-0.2, -0.15) is 22.7 Å². The zero-order chi connectivity index (χ0) is 37.1. The Morgan fingerprint density at radius 3 is 1.76 bits per heavy atom. The van der Waals surface area contributed by atoms with Crippen molar-refractivity contribution in [3.8, 4) is 0 Å². The molecule has 2 saturated heterocycles. The molecule has 2 aliphatic heterocycles. The smallest absolute Gasteiger partial charge is 0.303 e. The lowest BCUT2D eigenvalue weighted by Gasteiger charge is -2.35. The lowest BCUT2D eigenvalue weighted by molar-refractivity contribution is -0.129. The zero-order valence-electron chi connectivity index (χ0n) is 30.8. The predicted octanol–water partition coefficient (Wildman–Crippen LogP) is -0.822. The first-order valence-corrected chi connectivity index (χ1v) is 18.4. The molecule has 0 unspecified atom stereocenters. The van der Waals surface area contributed by atoms with Crippen LogP contribution in [0.15, 0.2) is 0 Å². The second-order valence-electron chi connectivity index (χ2n) is 12.6. The van der Waals surface area contributed by atoms with Crippen molar-refractivity contribution in [3.63, 3.8) is 0 Å². The van der Waals surface area contributed by atoms with Gasteiger partial charge in [0.15, 0.2) is 11.6 Å². The standard InChI is InChI=1S/C31H53N11O8S/c1-37(2)51(45,46)36-24(43)10-13-40(16-19-47-4)30-32-26-27(29(35-30)42-15-14-38(3)25(44)22-42)33-31(41(17-20-48-5)18-21-49-6)34-28(26)39-11-8-23(50-7)9-12-39/h23H,8-22H2,1-7H3,(H,36,43). The van der Waals surface area contributed by atoms with Crippen LogP contribution in [0.1, 0.15) is 19.3 Å². The molecule has 286 valence electrons. The Morgan fingerprint density at radius 2 is 1.29 bits per heavy atom. The third kappa shape index (κ3) is 10.4. The Kier molecular flexibility index (Phi) is 14.7. The van der Waals surface area contributed by atoms with Crippen LogP contribution in [-0.4, -0.2) is 184 Å². The quantitative estimate of drug-likeness (QED) is 0.188. The van der Waals surface area contributed by atoms with Crippen molar-refractivity contribution in [2.24, 2.45) is 0 Å². The molecule has 19 nitrogen and oxygen atoms in total. The average molecular weight is 740 g/mol. The highest BCUT2D eigenvalue weighted by Crippen LogP contribution is 2.34. The van der Waals surface area contributed by atoms with E-state index in [0.29, 0.717) is 87.6 Å². The maximum atomic E-state index is 13.0. The highest BCUT2D eigenvalue weighted by Gasteiger charge is 2.31. The Labute approximate surface area is 300 Å². The molecule has 20 heteroatoms. The van der Waals surface area contributed by atoms with Crippen molar-refractivity contribution in [2.75, 3.05) is 148 Å². The van der Waals surface area contributed by atoms with E-state index >= 15 is 0 Å². The third-order valence-electron chi connectivity index (χ3n) is 8.91. The number of nitrogens with one attached hydrogen (secondary N) is 1. The topological polar surface area (TPSA) is 188 Å². The van der Waals surface area contributed by atoms with E-state index < -0.39 is 16.1 Å². The van der Waals surface area contributed by atoms with E-state index in [1.165, 1.54) is 14.1 Å². The van der Waals surface area contributed by atoms with Gasteiger partial charge in [-0.05, 0) is 12.8 Å². The van der Waals surface area contributed by atoms with Crippen LogP contribution in [0, 0.1) is 0 Å². The molecule has 2 aromatic heterocycles. The number of fused-ring (bicyclic) bond motifs is 1. The minimum Gasteiger partial charge on any atom is -0.383 e. The first-order chi connectivity index (χ1) is 24.4. The molecule has 1 N–H and O–H groups in total. The van der Waals surface area contributed by atoms with Crippen molar-refractivity contribution in [1.29, 1.82) is 0 Å². The summed E-state index contributed by atoms with van der Waals surface area (Å²) in [4.78, 5) is 55.6. The maximum Gasteiger partial charge on any atom is 0.303 e. The first kappa shape index (κ1) is 40.1. The van der Waals surface area contributed by atoms with Crippen LogP contribution in [0.25, 0.3) is 11.0 Å². The third-order valence-corrected chi connectivity index (χ3v) is 10.4. The van der Waals surface area contributed by atoms with Crippen LogP contribution in [0.5, 0.6) is 0 Å². The highest BCUT2D eigenvalue weighted by molar-refractivity contribution is 7.87. The van der Waals surface area contributed by atoms with Gasteiger partial charge in [0.1, 0.15) is 11.0 Å². The SMILES string of the molecule is COCCN(CCC(=O)NS(=O)(=O)N(C)C)c1nc(N2CCN(C)C(=O)C2)c2nc(N(CCOC)CCOC)nc(N3CCC(OC)CC3)c2n1. The van der Waals surface area contributed by atoms with Gasteiger partial charge < -0.3 is 43.4 Å². The number of aromatic nitrogens is 4. The normalized spacial score (nSPS) is 16.0. The molecule has 2 amide bonds. The van der Waals surface area contributed by atoms with Crippen molar-refractivity contribution in [1.82, 2.24) is 33.9 Å². The van der Waals surface area contributed by atoms with E-state index in [1.54, 1.807) is 45.3 Å². The van der Waals surface area contributed by atoms with Crippen LogP contribution in [0.2, 0.25) is 0 Å². The van der Waals surface area contributed by atoms with Crippen molar-refractivity contribution < 1.29 is 37.0 Å². The lowest BCUT2D eigenvalue weighted by Crippen LogP contribution is -2.49. The van der Waals surface area contributed by atoms with Crippen molar-refractivity contribution in [2.45, 2.75) is 25.4 Å². The van der Waals surface area contributed by atoms with E-state index in [0.717, 1.165) is 17.1 Å². The number of piperidine rings is 1. The van der Waals surface area contributed by atoms with Crippen LogP contribution >= 0.6 is 0 Å². The highest BCUT2D eigenvalue weighted by atomic mass is 32.2. The number of methoxy groups -OCH3 is 4. The van der Waals surface area contributed by atoms with Gasteiger partial charge in [0, 0.05) is 108 Å². The first-order valence-electron chi connectivity index (χ1n) is 17.0. The molecule has 0 spiro atoms. The molecule has 4 heterocycles. The number of hydrogen-bond donors (Lipinski definition) is 1. The lowest BCUT2D eigenvalue weighted by atomic mass is 10.1. The second-order valence-corrected chi connectivity index (χ2v) is 14.5. The fraction of sp³-hybridized carbons (Fsp3) is 0.742. The molecule has 0 saturated carbocycles. The molecular weight excluding hydrogens is 686 g/mol. The van der Waals surface area contributed by atoms with Crippen molar-refractivity contribution in [3.05, 3.63) is 0 Å². The van der Waals surface area contributed by atoms with Gasteiger partial charge in [-0.3, -0.25) is 9.59 Å². The molecule has 2 aromatic rings. The summed E-state index contributed by atoms with van der Waals surface area (Å²) in [5.74, 6) is 1.03. The van der Waals surface area contributed by atoms with E-state index in [-0.39, 0.29) is 44.1 Å². The summed E-state index contributed by atoms with van der Waals surface area (Å²) in [6.07, 6.45) is 1.54. The molecule has 0 aromatic carbocycles. The molecule has 51 heavy (non-hydrogen) atoms. The van der Waals surface area contributed by atoms with Gasteiger partial charge in [0.05, 0.1) is 32.5 Å². The number of nitrogens with zero attached hydrogens (tertiary/aromatic N) is 10. The number of piperazine rings is 1. The van der Waals surface area contributed by atoms with Gasteiger partial charge >= 0.3 is 10.2 Å². The summed E-state index contributed by atoms with van der Waals surface area (Å²) in [6, 6.07) is 0. The summed E-state index contributed by atoms with van der Waals surface area (Å²) < 4.78 is 49.5. The molecule has 2 fully saturated rings. The van der Waals surface area contributed by atoms with Gasteiger partial charge in [0.25, 0.3) is 0 Å². The Morgan fingerprint density at radius 1 is 0.784 bits per heavy atom. The summed E-state index contributed by atoms with van der Waals surface area (Å²) >= 11 is 0. The maximum absolute atomic E-state index is 13.0. The molecule has 0 aliphatic carbocycles. The van der Waals surface area contributed by atoms with Gasteiger partial charge in [-0.15, -0.1) is 0 Å². The minimum atomic E-state index is -3.97. The molecular formula is C31H53N11O8S. The molecule has 2 aliphatic rings. The van der Waals surface area contributed by atoms with E-state index in [1.807, 2.05) is 9.80 Å². The number of ether oxygens (including phenoxy) is 4. The molecule has 0 radical (unpaired) electrons. The number of likely N-dealkylation sites (N-methyl/N-ethyl adjacent to an activating group) is 1. The molecule has 0 atom stereocenters. The second kappa shape index (κ2) is 18.7. The van der Waals surface area contributed by atoms with Gasteiger partial charge in [-0.1, -0.05) is 0 Å². The number of carbonyl (C=O) groups excluding carboxylic acids is 2. The van der Waals surface area contributed by atoms with E-state index in [9.17, 15) is 18.0 Å². The zero-order valence-corrected chi connectivity index (χ0v) is 31.6. The number of rotatable bonds is 19. The Bertz CT molecular complexity index is 1570. The Balaban J connectivity index is 1.89. The molecule has 4 rings (SSSR count). The van der Waals surface area contributed by atoms with Crippen LogP contribution < -0.4 is 24.3 Å². The predicted molar refractivity (Wildman–Crippen MR) is 193 cm³/mol. The monoisotopic (exact) mass is 739 g/mol. The van der Waals surface area contributed by atoms with Crippen LogP contribution in [0.3, 0.4) is 0 Å². The summed E-state index contributed by atoms with van der Waals surface area (Å²) in [6.45, 7) is 4.94. The fourth-order valence-electron chi connectivity index (χ4n) is 5.68. The Hall–Kier alpha value is -3.69. The summed E-state index contributed by atoms with van der Waals surface area (Å²) in [5, 5.41) is 0. The molecule has 0 bridgehead atoms. The summed E-state index contributed by atoms with van der Waals surface area (Å²) in [5.41, 5.74) is 0.966. The average Bonchev–Trinajstić information content (AvgIpc) is 3.11. The number of carbonyl (C=O) groups is 2. The number of amides is 2. The fourth-order valence-corrected chi connectivity index (χ4v) is 6.25. The van der Waals surface area contributed by atoms with Gasteiger partial charge in [-0.25, -0.2) is 14.7 Å². The van der Waals surface area contributed by atoms with Crippen LogP contribution in [-0.2, 0) is 38.7 Å². The van der Waals surface area contributed by atoms with E-state index in [2.05, 4.69) is 9.62 Å². The van der Waals surface area contributed by atoms with Gasteiger partial charge in [0.2, 0.25) is 23.7 Å². The van der Waals surface area contributed by atoms with Crippen LogP contribution in [0.4, 0.5) is 23.5 Å². The summed E-state index contributed by atoms with van der Waals surface area (Å²) in [7, 11) is 7.03. The number of hydrogen-bond acceptors (Lipinski definition) is 16. The van der Waals surface area contributed by atoms with E-state index in [4.69, 9.17) is 38.9 Å². The minimum absolute atomic E-state index is 0.0671. The number of anilines is 4. The largest absolute Gasteiger partial charge is 0.383 e.